The second kappa shape index (κ2) is 5.36. The Labute approximate surface area is 152 Å². The van der Waals surface area contributed by atoms with Crippen LogP contribution in [-0.2, 0) is 5.66 Å². The molecule has 1 atom stereocenters. The SMILES string of the molecule is COc1cccc(C2(C)Nc3ccccc3-c3nc4ccccc4n32)c1. The molecule has 0 fully saturated rings. The maximum atomic E-state index is 5.46. The van der Waals surface area contributed by atoms with E-state index in [9.17, 15) is 0 Å². The van der Waals surface area contributed by atoms with E-state index >= 15 is 0 Å². The number of fused-ring (bicyclic) bond motifs is 5. The zero-order valence-corrected chi connectivity index (χ0v) is 14.7. The molecule has 0 aliphatic carbocycles. The summed E-state index contributed by atoms with van der Waals surface area (Å²) in [7, 11) is 1.70. The van der Waals surface area contributed by atoms with E-state index in [1.54, 1.807) is 7.11 Å². The smallest absolute Gasteiger partial charge is 0.145 e. The van der Waals surface area contributed by atoms with E-state index in [1.807, 2.05) is 18.2 Å². The molecular formula is C22H19N3O. The third-order valence-electron chi connectivity index (χ3n) is 5.19. The van der Waals surface area contributed by atoms with Gasteiger partial charge in [0.15, 0.2) is 0 Å². The molecule has 4 aromatic rings. The summed E-state index contributed by atoms with van der Waals surface area (Å²) >= 11 is 0. The van der Waals surface area contributed by atoms with Gasteiger partial charge in [-0.1, -0.05) is 36.4 Å². The first-order valence-corrected chi connectivity index (χ1v) is 8.71. The molecule has 26 heavy (non-hydrogen) atoms. The van der Waals surface area contributed by atoms with Crippen molar-refractivity contribution in [3.05, 3.63) is 78.4 Å². The number of aromatic nitrogens is 2. The van der Waals surface area contributed by atoms with Crippen LogP contribution in [0.1, 0.15) is 12.5 Å². The highest BCUT2D eigenvalue weighted by molar-refractivity contribution is 5.87. The second-order valence-corrected chi connectivity index (χ2v) is 6.73. The summed E-state index contributed by atoms with van der Waals surface area (Å²) in [5, 5.41) is 3.74. The first kappa shape index (κ1) is 15.0. The van der Waals surface area contributed by atoms with Crippen molar-refractivity contribution in [2.24, 2.45) is 0 Å². The summed E-state index contributed by atoms with van der Waals surface area (Å²) in [6.07, 6.45) is 0. The molecule has 1 aliphatic heterocycles. The molecule has 0 radical (unpaired) electrons. The fraction of sp³-hybridized carbons (Fsp3) is 0.136. The molecule has 2 heterocycles. The molecule has 4 heteroatoms. The van der Waals surface area contributed by atoms with Crippen molar-refractivity contribution in [3.63, 3.8) is 0 Å². The van der Waals surface area contributed by atoms with Crippen LogP contribution in [0.15, 0.2) is 72.8 Å². The van der Waals surface area contributed by atoms with Gasteiger partial charge < -0.3 is 10.1 Å². The highest BCUT2D eigenvalue weighted by Gasteiger charge is 2.37. The minimum absolute atomic E-state index is 0.478. The number of ether oxygens (including phenoxy) is 1. The first-order valence-electron chi connectivity index (χ1n) is 8.71. The predicted octanol–water partition coefficient (Wildman–Crippen LogP) is 4.86. The molecule has 3 aromatic carbocycles. The van der Waals surface area contributed by atoms with E-state index < -0.39 is 5.66 Å². The third-order valence-corrected chi connectivity index (χ3v) is 5.19. The second-order valence-electron chi connectivity index (χ2n) is 6.73. The zero-order valence-electron chi connectivity index (χ0n) is 14.7. The Morgan fingerprint density at radius 3 is 2.65 bits per heavy atom. The lowest BCUT2D eigenvalue weighted by molar-refractivity contribution is 0.409. The number of rotatable bonds is 2. The molecule has 1 aromatic heterocycles. The number of nitrogens with one attached hydrogen (secondary N) is 1. The van der Waals surface area contributed by atoms with Crippen LogP contribution in [-0.4, -0.2) is 16.7 Å². The van der Waals surface area contributed by atoms with Gasteiger partial charge in [0.25, 0.3) is 0 Å². The van der Waals surface area contributed by atoms with Gasteiger partial charge in [-0.25, -0.2) is 4.98 Å². The average molecular weight is 341 g/mol. The molecule has 0 amide bonds. The zero-order chi connectivity index (χ0) is 17.7. The van der Waals surface area contributed by atoms with Gasteiger partial charge in [0.1, 0.15) is 17.2 Å². The Morgan fingerprint density at radius 2 is 1.77 bits per heavy atom. The minimum atomic E-state index is -0.478. The van der Waals surface area contributed by atoms with Gasteiger partial charge in [0.05, 0.1) is 18.1 Å². The van der Waals surface area contributed by atoms with Gasteiger partial charge in [-0.15, -0.1) is 0 Å². The van der Waals surface area contributed by atoms with Crippen LogP contribution in [0.5, 0.6) is 5.75 Å². The molecule has 4 nitrogen and oxygen atoms in total. The van der Waals surface area contributed by atoms with Gasteiger partial charge in [-0.05, 0) is 43.3 Å². The van der Waals surface area contributed by atoms with Crippen molar-refractivity contribution in [2.45, 2.75) is 12.6 Å². The Bertz CT molecular complexity index is 1130. The van der Waals surface area contributed by atoms with Crippen LogP contribution >= 0.6 is 0 Å². The topological polar surface area (TPSA) is 39.1 Å². The van der Waals surface area contributed by atoms with Crippen LogP contribution in [0, 0.1) is 0 Å². The highest BCUT2D eigenvalue weighted by Crippen LogP contribution is 2.43. The number of hydrogen-bond acceptors (Lipinski definition) is 3. The molecule has 5 rings (SSSR count). The standard InChI is InChI=1S/C22H19N3O/c1-22(15-8-7-9-16(14-15)26-2)24-18-11-4-3-10-17(18)21-23-19-12-5-6-13-20(19)25(21)22/h3-14,24H,1-2H3. The van der Waals surface area contributed by atoms with E-state index in [0.29, 0.717) is 0 Å². The Morgan fingerprint density at radius 1 is 0.962 bits per heavy atom. The molecule has 1 N–H and O–H groups in total. The number of methoxy groups -OCH3 is 1. The number of hydrogen-bond donors (Lipinski definition) is 1. The Kier molecular flexibility index (Phi) is 3.10. The molecule has 0 saturated heterocycles. The summed E-state index contributed by atoms with van der Waals surface area (Å²) in [5.41, 5.74) is 4.94. The maximum absolute atomic E-state index is 5.46. The summed E-state index contributed by atoms with van der Waals surface area (Å²) in [4.78, 5) is 4.95. The Balaban J connectivity index is 1.86. The van der Waals surface area contributed by atoms with Crippen LogP contribution in [0.2, 0.25) is 0 Å². The molecular weight excluding hydrogens is 322 g/mol. The Hall–Kier alpha value is -3.27. The minimum Gasteiger partial charge on any atom is -0.497 e. The van der Waals surface area contributed by atoms with E-state index in [1.165, 1.54) is 0 Å². The summed E-state index contributed by atoms with van der Waals surface area (Å²) < 4.78 is 7.76. The van der Waals surface area contributed by atoms with Crippen molar-refractivity contribution in [3.8, 4) is 17.1 Å². The predicted molar refractivity (Wildman–Crippen MR) is 105 cm³/mol. The van der Waals surface area contributed by atoms with Crippen molar-refractivity contribution in [1.82, 2.24) is 9.55 Å². The van der Waals surface area contributed by atoms with E-state index in [2.05, 4.69) is 71.4 Å². The fourth-order valence-corrected chi connectivity index (χ4v) is 3.89. The largest absolute Gasteiger partial charge is 0.497 e. The van der Waals surface area contributed by atoms with E-state index in [-0.39, 0.29) is 0 Å². The molecule has 1 unspecified atom stereocenters. The lowest BCUT2D eigenvalue weighted by Crippen LogP contribution is -2.42. The van der Waals surface area contributed by atoms with Gasteiger partial charge >= 0.3 is 0 Å². The number of para-hydroxylation sites is 3. The molecule has 0 saturated carbocycles. The van der Waals surface area contributed by atoms with Crippen LogP contribution in [0.3, 0.4) is 0 Å². The van der Waals surface area contributed by atoms with Crippen molar-refractivity contribution >= 4 is 16.7 Å². The van der Waals surface area contributed by atoms with Crippen molar-refractivity contribution in [1.29, 1.82) is 0 Å². The summed E-state index contributed by atoms with van der Waals surface area (Å²) in [6.45, 7) is 2.19. The lowest BCUT2D eigenvalue weighted by Gasteiger charge is -2.40. The summed E-state index contributed by atoms with van der Waals surface area (Å²) in [6, 6.07) is 24.8. The normalized spacial score (nSPS) is 18.1. The van der Waals surface area contributed by atoms with Gasteiger partial charge in [0, 0.05) is 16.8 Å². The van der Waals surface area contributed by atoms with Crippen LogP contribution < -0.4 is 10.1 Å². The van der Waals surface area contributed by atoms with E-state index in [0.717, 1.165) is 39.4 Å². The average Bonchev–Trinajstić information content (AvgIpc) is 3.09. The number of imidazole rings is 1. The number of anilines is 1. The van der Waals surface area contributed by atoms with Crippen molar-refractivity contribution in [2.75, 3.05) is 12.4 Å². The fourth-order valence-electron chi connectivity index (χ4n) is 3.89. The van der Waals surface area contributed by atoms with Gasteiger partial charge in [-0.3, -0.25) is 4.57 Å². The maximum Gasteiger partial charge on any atom is 0.145 e. The quantitative estimate of drug-likeness (QED) is 0.566. The molecule has 128 valence electrons. The third kappa shape index (κ3) is 1.99. The van der Waals surface area contributed by atoms with Crippen molar-refractivity contribution < 1.29 is 4.74 Å². The van der Waals surface area contributed by atoms with Crippen LogP contribution in [0.4, 0.5) is 5.69 Å². The van der Waals surface area contributed by atoms with Gasteiger partial charge in [0.2, 0.25) is 0 Å². The first-order chi connectivity index (χ1) is 12.7. The summed E-state index contributed by atoms with van der Waals surface area (Å²) in [5.74, 6) is 1.82. The number of benzene rings is 3. The van der Waals surface area contributed by atoms with Gasteiger partial charge in [-0.2, -0.15) is 0 Å². The highest BCUT2D eigenvalue weighted by atomic mass is 16.5. The molecule has 0 bridgehead atoms. The number of nitrogens with zero attached hydrogens (tertiary/aromatic N) is 2. The van der Waals surface area contributed by atoms with Crippen LogP contribution in [0.25, 0.3) is 22.4 Å². The van der Waals surface area contributed by atoms with E-state index in [4.69, 9.17) is 9.72 Å². The molecule has 1 aliphatic rings. The molecule has 0 spiro atoms. The monoisotopic (exact) mass is 341 g/mol. The lowest BCUT2D eigenvalue weighted by atomic mass is 9.95.